The molecule has 0 amide bonds. The predicted molar refractivity (Wildman–Crippen MR) is 111 cm³/mol. The van der Waals surface area contributed by atoms with Crippen molar-refractivity contribution in [2.24, 2.45) is 0 Å². The maximum Gasteiger partial charge on any atom is 0.329 e. The molecule has 0 fully saturated rings. The molecule has 0 bridgehead atoms. The quantitative estimate of drug-likeness (QED) is 0.660. The SMILES string of the molecule is COC1C=C(C)C(S)=C(C)C1.O=C(O)COCC1CCc2ccccc2N1. The molecule has 1 heterocycles. The number of hydrogen-bond acceptors (Lipinski definition) is 5. The van der Waals surface area contributed by atoms with Gasteiger partial charge in [-0.3, -0.25) is 0 Å². The lowest BCUT2D eigenvalue weighted by atomic mass is 9.99. The Balaban J connectivity index is 0.000000208. The van der Waals surface area contributed by atoms with Gasteiger partial charge in [0.2, 0.25) is 0 Å². The summed E-state index contributed by atoms with van der Waals surface area (Å²) < 4.78 is 10.3. The molecule has 5 nitrogen and oxygen atoms in total. The third-order valence-electron chi connectivity index (χ3n) is 4.71. The molecule has 0 spiro atoms. The first-order valence-corrected chi connectivity index (χ1v) is 9.59. The molecule has 0 aromatic heterocycles. The first-order chi connectivity index (χ1) is 12.9. The van der Waals surface area contributed by atoms with Crippen molar-refractivity contribution in [1.29, 1.82) is 0 Å². The Kier molecular flexibility index (Phi) is 8.41. The average molecular weight is 392 g/mol. The minimum atomic E-state index is -0.920. The predicted octanol–water partition coefficient (Wildman–Crippen LogP) is 4.07. The standard InChI is InChI=1S/C12H15NO3.C9H14OS/c14-12(15)8-16-7-10-6-5-9-3-1-2-4-11(9)13-10;1-6-4-8(10-3)5-7(2)9(6)11/h1-4,10,13H,5-8H2,(H,14,15);4,8,11H,5H2,1-3H3. The molecule has 0 radical (unpaired) electrons. The zero-order chi connectivity index (χ0) is 19.8. The fourth-order valence-corrected chi connectivity index (χ4v) is 3.38. The average Bonchev–Trinajstić information content (AvgIpc) is 2.66. The Labute approximate surface area is 166 Å². The number of carboxylic acids is 1. The van der Waals surface area contributed by atoms with Crippen LogP contribution in [-0.2, 0) is 20.7 Å². The van der Waals surface area contributed by atoms with Crippen LogP contribution in [0.25, 0.3) is 0 Å². The highest BCUT2D eigenvalue weighted by Crippen LogP contribution is 2.28. The van der Waals surface area contributed by atoms with Crippen molar-refractivity contribution in [1.82, 2.24) is 0 Å². The Morgan fingerprint density at radius 2 is 2.07 bits per heavy atom. The number of methoxy groups -OCH3 is 1. The van der Waals surface area contributed by atoms with Gasteiger partial charge in [-0.1, -0.05) is 29.8 Å². The van der Waals surface area contributed by atoms with Gasteiger partial charge in [-0.05, 0) is 50.3 Å². The van der Waals surface area contributed by atoms with E-state index >= 15 is 0 Å². The monoisotopic (exact) mass is 391 g/mol. The molecular weight excluding hydrogens is 362 g/mol. The van der Waals surface area contributed by atoms with Gasteiger partial charge < -0.3 is 19.9 Å². The van der Waals surface area contributed by atoms with Crippen LogP contribution in [0.4, 0.5) is 5.69 Å². The minimum absolute atomic E-state index is 0.217. The summed E-state index contributed by atoms with van der Waals surface area (Å²) in [5, 5.41) is 11.8. The summed E-state index contributed by atoms with van der Waals surface area (Å²) in [4.78, 5) is 11.4. The number of aryl methyl sites for hydroxylation is 1. The van der Waals surface area contributed by atoms with Crippen molar-refractivity contribution < 1.29 is 19.4 Å². The van der Waals surface area contributed by atoms with Crippen LogP contribution in [0, 0.1) is 0 Å². The number of fused-ring (bicyclic) bond motifs is 1. The van der Waals surface area contributed by atoms with Crippen LogP contribution in [0.3, 0.4) is 0 Å². The molecule has 1 aromatic rings. The van der Waals surface area contributed by atoms with Crippen molar-refractivity contribution >= 4 is 24.3 Å². The molecule has 1 aliphatic carbocycles. The van der Waals surface area contributed by atoms with Gasteiger partial charge >= 0.3 is 5.97 Å². The zero-order valence-corrected chi connectivity index (χ0v) is 17.1. The van der Waals surface area contributed by atoms with Crippen molar-refractivity contribution in [3.8, 4) is 0 Å². The summed E-state index contributed by atoms with van der Waals surface area (Å²) in [6.45, 7) is 4.39. The smallest absolute Gasteiger partial charge is 0.329 e. The van der Waals surface area contributed by atoms with Crippen molar-refractivity contribution in [2.45, 2.75) is 45.3 Å². The largest absolute Gasteiger partial charge is 0.480 e. The number of thiol groups is 1. The molecule has 2 N–H and O–H groups in total. The molecule has 1 aliphatic heterocycles. The first kappa shape index (κ1) is 21.5. The number of carbonyl (C=O) groups is 1. The van der Waals surface area contributed by atoms with Crippen LogP contribution >= 0.6 is 12.6 Å². The first-order valence-electron chi connectivity index (χ1n) is 9.15. The lowest BCUT2D eigenvalue weighted by molar-refractivity contribution is -0.142. The molecule has 0 saturated carbocycles. The zero-order valence-electron chi connectivity index (χ0n) is 16.2. The number of nitrogens with one attached hydrogen (secondary N) is 1. The van der Waals surface area contributed by atoms with Gasteiger partial charge in [0.25, 0.3) is 0 Å². The highest BCUT2D eigenvalue weighted by Gasteiger charge is 2.17. The summed E-state index contributed by atoms with van der Waals surface area (Å²) in [6.07, 6.45) is 5.36. The molecule has 0 saturated heterocycles. The molecule has 2 atom stereocenters. The van der Waals surface area contributed by atoms with E-state index in [1.54, 1.807) is 7.11 Å². The van der Waals surface area contributed by atoms with Gasteiger partial charge in [0.1, 0.15) is 6.61 Å². The maximum absolute atomic E-state index is 10.3. The molecule has 27 heavy (non-hydrogen) atoms. The molecule has 148 valence electrons. The number of allylic oxidation sites excluding steroid dienone is 1. The van der Waals surface area contributed by atoms with Crippen molar-refractivity contribution in [3.05, 3.63) is 52.0 Å². The third-order valence-corrected chi connectivity index (χ3v) is 5.44. The molecule has 6 heteroatoms. The second kappa shape index (κ2) is 10.5. The number of aliphatic carboxylic acids is 1. The summed E-state index contributed by atoms with van der Waals surface area (Å²) in [5.74, 6) is -0.920. The maximum atomic E-state index is 10.3. The van der Waals surface area contributed by atoms with Gasteiger partial charge in [-0.15, -0.1) is 12.6 Å². The topological polar surface area (TPSA) is 67.8 Å². The van der Waals surface area contributed by atoms with E-state index in [1.165, 1.54) is 16.7 Å². The van der Waals surface area contributed by atoms with Gasteiger partial charge in [0, 0.05) is 23.7 Å². The van der Waals surface area contributed by atoms with E-state index in [0.29, 0.717) is 6.61 Å². The van der Waals surface area contributed by atoms with Gasteiger partial charge in [-0.25, -0.2) is 4.79 Å². The van der Waals surface area contributed by atoms with E-state index in [0.717, 1.165) is 29.9 Å². The van der Waals surface area contributed by atoms with Gasteiger partial charge in [0.15, 0.2) is 0 Å². The van der Waals surface area contributed by atoms with Gasteiger partial charge in [0.05, 0.1) is 12.7 Å². The van der Waals surface area contributed by atoms with Crippen LogP contribution in [-0.4, -0.2) is 43.5 Å². The van der Waals surface area contributed by atoms with E-state index in [4.69, 9.17) is 14.6 Å². The van der Waals surface area contributed by atoms with E-state index in [9.17, 15) is 4.79 Å². The molecule has 3 rings (SSSR count). The number of carboxylic acid groups (broad SMARTS) is 1. The van der Waals surface area contributed by atoms with Crippen molar-refractivity contribution in [3.63, 3.8) is 0 Å². The highest BCUT2D eigenvalue weighted by atomic mass is 32.1. The van der Waals surface area contributed by atoms with E-state index in [1.807, 2.05) is 18.2 Å². The summed E-state index contributed by atoms with van der Waals surface area (Å²) in [7, 11) is 1.74. The number of ether oxygens (including phenoxy) is 2. The number of hydrogen-bond donors (Lipinski definition) is 3. The number of para-hydroxylation sites is 1. The van der Waals surface area contributed by atoms with Crippen LogP contribution in [0.2, 0.25) is 0 Å². The lowest BCUT2D eigenvalue weighted by Crippen LogP contribution is -2.30. The van der Waals surface area contributed by atoms with E-state index in [-0.39, 0.29) is 18.8 Å². The van der Waals surface area contributed by atoms with Gasteiger partial charge in [-0.2, -0.15) is 0 Å². The molecular formula is C21H29NO4S. The highest BCUT2D eigenvalue weighted by molar-refractivity contribution is 7.84. The number of benzene rings is 1. The van der Waals surface area contributed by atoms with Crippen LogP contribution in [0.15, 0.2) is 46.4 Å². The Morgan fingerprint density at radius 3 is 2.74 bits per heavy atom. The Bertz CT molecular complexity index is 714. The van der Waals surface area contributed by atoms with Crippen LogP contribution < -0.4 is 5.32 Å². The van der Waals surface area contributed by atoms with Crippen LogP contribution in [0.1, 0.15) is 32.3 Å². The fourth-order valence-electron chi connectivity index (χ4n) is 3.22. The van der Waals surface area contributed by atoms with Crippen LogP contribution in [0.5, 0.6) is 0 Å². The Hall–Kier alpha value is -1.76. The summed E-state index contributed by atoms with van der Waals surface area (Å²) in [5.41, 5.74) is 5.00. The molecule has 2 aliphatic rings. The lowest BCUT2D eigenvalue weighted by Gasteiger charge is -2.26. The normalized spacial score (nSPS) is 21.4. The second-order valence-corrected chi connectivity index (χ2v) is 7.35. The minimum Gasteiger partial charge on any atom is -0.480 e. The summed E-state index contributed by atoms with van der Waals surface area (Å²) >= 11 is 4.39. The number of anilines is 1. The van der Waals surface area contributed by atoms with E-state index < -0.39 is 5.97 Å². The third kappa shape index (κ3) is 6.72. The second-order valence-electron chi connectivity index (χ2n) is 6.90. The van der Waals surface area contributed by atoms with Crippen molar-refractivity contribution in [2.75, 3.05) is 25.6 Å². The fraction of sp³-hybridized carbons (Fsp3) is 0.476. The Morgan fingerprint density at radius 1 is 1.33 bits per heavy atom. The summed E-state index contributed by atoms with van der Waals surface area (Å²) in [6, 6.07) is 8.39. The molecule has 1 aromatic carbocycles. The number of rotatable bonds is 5. The van der Waals surface area contributed by atoms with E-state index in [2.05, 4.69) is 43.9 Å². The molecule has 2 unspecified atom stereocenters.